The predicted molar refractivity (Wildman–Crippen MR) is 91.5 cm³/mol. The van der Waals surface area contributed by atoms with Crippen molar-refractivity contribution in [3.05, 3.63) is 70.6 Å². The lowest BCUT2D eigenvalue weighted by molar-refractivity contribution is 0.390. The molecule has 0 fully saturated rings. The highest BCUT2D eigenvalue weighted by Crippen LogP contribution is 2.20. The van der Waals surface area contributed by atoms with E-state index in [1.54, 1.807) is 6.07 Å². The monoisotopic (exact) mass is 346 g/mol. The molecule has 118 valence electrons. The molecule has 1 heterocycles. The van der Waals surface area contributed by atoms with Crippen LogP contribution in [0.2, 0.25) is 5.02 Å². The van der Waals surface area contributed by atoms with Gasteiger partial charge < -0.3 is 4.52 Å². The van der Waals surface area contributed by atoms with Crippen LogP contribution in [0.1, 0.15) is 17.0 Å². The Morgan fingerprint density at radius 3 is 2.74 bits per heavy atom. The average molecular weight is 347 g/mol. The van der Waals surface area contributed by atoms with Gasteiger partial charge in [-0.05, 0) is 24.6 Å². The van der Waals surface area contributed by atoms with E-state index in [1.807, 2.05) is 49.4 Å². The van der Waals surface area contributed by atoms with E-state index in [0.717, 1.165) is 16.7 Å². The Balaban J connectivity index is 1.69. The van der Waals surface area contributed by atoms with Crippen molar-refractivity contribution >= 4 is 22.4 Å². The van der Waals surface area contributed by atoms with E-state index in [-0.39, 0.29) is 5.75 Å². The van der Waals surface area contributed by atoms with Crippen LogP contribution in [-0.4, -0.2) is 14.3 Å². The van der Waals surface area contributed by atoms with E-state index in [9.17, 15) is 4.21 Å². The zero-order valence-electron chi connectivity index (χ0n) is 12.5. The van der Waals surface area contributed by atoms with E-state index in [0.29, 0.717) is 22.5 Å². The number of aryl methyl sites for hydroxylation is 1. The molecule has 0 aliphatic carbocycles. The Bertz CT molecular complexity index is 848. The molecule has 3 aromatic rings. The van der Waals surface area contributed by atoms with Crippen LogP contribution in [0.15, 0.2) is 53.1 Å². The molecular formula is C17H15ClN2O2S. The Kier molecular flexibility index (Phi) is 4.88. The summed E-state index contributed by atoms with van der Waals surface area (Å²) in [6, 6.07) is 15.2. The molecule has 0 saturated carbocycles. The van der Waals surface area contributed by atoms with Crippen LogP contribution in [0.3, 0.4) is 0 Å². The second kappa shape index (κ2) is 7.06. The molecule has 0 radical (unpaired) electrons. The van der Waals surface area contributed by atoms with Gasteiger partial charge in [0.15, 0.2) is 0 Å². The summed E-state index contributed by atoms with van der Waals surface area (Å²) < 4.78 is 17.5. The zero-order valence-corrected chi connectivity index (χ0v) is 14.1. The topological polar surface area (TPSA) is 56.0 Å². The minimum absolute atomic E-state index is 0.212. The summed E-state index contributed by atoms with van der Waals surface area (Å²) in [6.45, 7) is 2.00. The molecule has 3 rings (SSSR count). The summed E-state index contributed by atoms with van der Waals surface area (Å²) >= 11 is 6.08. The highest BCUT2D eigenvalue weighted by Gasteiger charge is 2.13. The standard InChI is InChI=1S/C17H15ClN2O2S/c1-12-5-4-7-13(9-12)17-19-16(22-20-17)11-23(21)10-14-6-2-3-8-15(14)18/h2-9H,10-11H2,1H3/t23-/m1/s1. The fraction of sp³-hybridized carbons (Fsp3) is 0.176. The van der Waals surface area contributed by atoms with Gasteiger partial charge in [0.25, 0.3) is 0 Å². The number of rotatable bonds is 5. The normalized spacial score (nSPS) is 12.3. The van der Waals surface area contributed by atoms with Gasteiger partial charge in [0.2, 0.25) is 11.7 Å². The molecule has 4 nitrogen and oxygen atoms in total. The minimum atomic E-state index is -1.16. The van der Waals surface area contributed by atoms with Crippen LogP contribution in [-0.2, 0) is 22.3 Å². The quantitative estimate of drug-likeness (QED) is 0.696. The van der Waals surface area contributed by atoms with Crippen LogP contribution >= 0.6 is 11.6 Å². The fourth-order valence-electron chi connectivity index (χ4n) is 2.19. The fourth-order valence-corrected chi connectivity index (χ4v) is 3.57. The Hall–Kier alpha value is -1.98. The van der Waals surface area contributed by atoms with Crippen molar-refractivity contribution in [2.45, 2.75) is 18.4 Å². The van der Waals surface area contributed by atoms with Crippen LogP contribution in [0, 0.1) is 6.92 Å². The Labute approximate surface area is 142 Å². The Morgan fingerprint density at radius 2 is 1.96 bits per heavy atom. The summed E-state index contributed by atoms with van der Waals surface area (Å²) in [7, 11) is -1.16. The average Bonchev–Trinajstić information content (AvgIpc) is 2.98. The first-order chi connectivity index (χ1) is 11.1. The van der Waals surface area contributed by atoms with Gasteiger partial charge >= 0.3 is 0 Å². The van der Waals surface area contributed by atoms with Gasteiger partial charge in [0.05, 0.1) is 5.75 Å². The molecule has 0 N–H and O–H groups in total. The third-order valence-electron chi connectivity index (χ3n) is 3.30. The van der Waals surface area contributed by atoms with E-state index < -0.39 is 10.8 Å². The second-order valence-corrected chi connectivity index (χ2v) is 7.07. The molecule has 6 heteroatoms. The van der Waals surface area contributed by atoms with E-state index in [2.05, 4.69) is 10.1 Å². The lowest BCUT2D eigenvalue weighted by atomic mass is 10.1. The van der Waals surface area contributed by atoms with Gasteiger partial charge in [-0.1, -0.05) is 58.7 Å². The lowest BCUT2D eigenvalue weighted by Gasteiger charge is -2.02. The molecule has 0 aliphatic heterocycles. The van der Waals surface area contributed by atoms with Crippen molar-refractivity contribution in [2.75, 3.05) is 0 Å². The number of halogens is 1. The minimum Gasteiger partial charge on any atom is -0.338 e. The second-order valence-electron chi connectivity index (χ2n) is 5.20. The first-order valence-electron chi connectivity index (χ1n) is 7.10. The largest absolute Gasteiger partial charge is 0.338 e. The van der Waals surface area contributed by atoms with Crippen LogP contribution < -0.4 is 0 Å². The van der Waals surface area contributed by atoms with Gasteiger partial charge in [-0.25, -0.2) is 0 Å². The number of aromatic nitrogens is 2. The van der Waals surface area contributed by atoms with E-state index >= 15 is 0 Å². The van der Waals surface area contributed by atoms with Crippen molar-refractivity contribution in [2.24, 2.45) is 0 Å². The maximum atomic E-state index is 12.3. The van der Waals surface area contributed by atoms with Gasteiger partial charge in [0.1, 0.15) is 5.75 Å². The number of nitrogens with zero attached hydrogens (tertiary/aromatic N) is 2. The van der Waals surface area contributed by atoms with Crippen LogP contribution in [0.25, 0.3) is 11.4 Å². The molecule has 0 spiro atoms. The van der Waals surface area contributed by atoms with E-state index in [4.69, 9.17) is 16.1 Å². The molecule has 0 aliphatic rings. The highest BCUT2D eigenvalue weighted by atomic mass is 35.5. The molecule has 0 bridgehead atoms. The van der Waals surface area contributed by atoms with Crippen molar-refractivity contribution in [3.8, 4) is 11.4 Å². The summed E-state index contributed by atoms with van der Waals surface area (Å²) in [4.78, 5) is 4.32. The molecule has 0 unspecified atom stereocenters. The smallest absolute Gasteiger partial charge is 0.239 e. The Morgan fingerprint density at radius 1 is 1.13 bits per heavy atom. The predicted octanol–water partition coefficient (Wildman–Crippen LogP) is 4.15. The number of hydrogen-bond acceptors (Lipinski definition) is 4. The van der Waals surface area contributed by atoms with Gasteiger partial charge in [-0.15, -0.1) is 0 Å². The summed E-state index contributed by atoms with van der Waals surface area (Å²) in [5.74, 6) is 1.46. The molecule has 1 aromatic heterocycles. The molecule has 1 atom stereocenters. The highest BCUT2D eigenvalue weighted by molar-refractivity contribution is 7.83. The lowest BCUT2D eigenvalue weighted by Crippen LogP contribution is -2.00. The third-order valence-corrected chi connectivity index (χ3v) is 4.87. The maximum Gasteiger partial charge on any atom is 0.239 e. The maximum absolute atomic E-state index is 12.3. The number of benzene rings is 2. The summed E-state index contributed by atoms with van der Waals surface area (Å²) in [5.41, 5.74) is 2.86. The SMILES string of the molecule is Cc1cccc(-c2noc(C[S@](=O)Cc3ccccc3Cl)n2)c1. The van der Waals surface area contributed by atoms with E-state index in [1.165, 1.54) is 0 Å². The molecule has 2 aromatic carbocycles. The zero-order chi connectivity index (χ0) is 16.2. The molecular weight excluding hydrogens is 332 g/mol. The molecule has 0 saturated heterocycles. The third kappa shape index (κ3) is 4.06. The summed E-state index contributed by atoms with van der Waals surface area (Å²) in [6.07, 6.45) is 0. The summed E-state index contributed by atoms with van der Waals surface area (Å²) in [5, 5.41) is 4.58. The van der Waals surface area contributed by atoms with Gasteiger partial charge in [-0.3, -0.25) is 4.21 Å². The molecule has 0 amide bonds. The van der Waals surface area contributed by atoms with Crippen molar-refractivity contribution in [1.29, 1.82) is 0 Å². The first kappa shape index (κ1) is 15.9. The molecule has 23 heavy (non-hydrogen) atoms. The first-order valence-corrected chi connectivity index (χ1v) is 8.96. The number of hydrogen-bond donors (Lipinski definition) is 0. The van der Waals surface area contributed by atoms with Gasteiger partial charge in [-0.2, -0.15) is 4.98 Å². The van der Waals surface area contributed by atoms with Gasteiger partial charge in [0, 0.05) is 21.4 Å². The van der Waals surface area contributed by atoms with Crippen molar-refractivity contribution < 1.29 is 8.73 Å². The van der Waals surface area contributed by atoms with Crippen molar-refractivity contribution in [1.82, 2.24) is 10.1 Å². The van der Waals surface area contributed by atoms with Crippen molar-refractivity contribution in [3.63, 3.8) is 0 Å². The van der Waals surface area contributed by atoms with Crippen LogP contribution in [0.4, 0.5) is 0 Å². The van der Waals surface area contributed by atoms with Crippen LogP contribution in [0.5, 0.6) is 0 Å².